The minimum absolute atomic E-state index is 0.215. The number of aliphatic carboxylic acids is 1. The van der Waals surface area contributed by atoms with Gasteiger partial charge in [0.15, 0.2) is 0 Å². The van der Waals surface area contributed by atoms with E-state index >= 15 is 0 Å². The fourth-order valence-electron chi connectivity index (χ4n) is 2.25. The van der Waals surface area contributed by atoms with Crippen molar-refractivity contribution in [3.63, 3.8) is 0 Å². The number of thioether (sulfide) groups is 1. The molecule has 0 radical (unpaired) electrons. The van der Waals surface area contributed by atoms with Gasteiger partial charge in [-0.15, -0.1) is 11.8 Å². The molecule has 1 fully saturated rings. The second-order valence-electron chi connectivity index (χ2n) is 5.70. The van der Waals surface area contributed by atoms with E-state index < -0.39 is 12.0 Å². The molecule has 0 bridgehead atoms. The number of carboxylic acid groups (broad SMARTS) is 1. The second-order valence-corrected chi connectivity index (χ2v) is 6.71. The lowest BCUT2D eigenvalue weighted by Crippen LogP contribution is -2.42. The monoisotopic (exact) mass is 307 g/mol. The van der Waals surface area contributed by atoms with E-state index in [-0.39, 0.29) is 11.7 Å². The maximum absolute atomic E-state index is 11.9. The first-order valence-electron chi connectivity index (χ1n) is 7.18. The zero-order valence-corrected chi connectivity index (χ0v) is 13.2. The van der Waals surface area contributed by atoms with E-state index in [1.54, 1.807) is 0 Å². The number of carboxylic acids is 1. The molecule has 2 N–H and O–H groups in total. The normalized spacial score (nSPS) is 15.5. The molecule has 1 unspecified atom stereocenters. The molecule has 1 amide bonds. The lowest BCUT2D eigenvalue weighted by atomic mass is 10.1. The van der Waals surface area contributed by atoms with Crippen LogP contribution in [0.15, 0.2) is 23.1 Å². The van der Waals surface area contributed by atoms with Crippen LogP contribution in [0.25, 0.3) is 0 Å². The summed E-state index contributed by atoms with van der Waals surface area (Å²) in [6.07, 6.45) is 2.71. The summed E-state index contributed by atoms with van der Waals surface area (Å²) in [5.74, 6) is -0.434. The highest BCUT2D eigenvalue weighted by Gasteiger charge is 2.30. The van der Waals surface area contributed by atoms with Gasteiger partial charge in [0.1, 0.15) is 6.04 Å². The van der Waals surface area contributed by atoms with Crippen LogP contribution in [0, 0.1) is 19.8 Å². The fourth-order valence-corrected chi connectivity index (χ4v) is 3.07. The molecule has 2 rings (SSSR count). The summed E-state index contributed by atoms with van der Waals surface area (Å²) < 4.78 is 0. The maximum Gasteiger partial charge on any atom is 0.326 e. The van der Waals surface area contributed by atoms with Gasteiger partial charge >= 0.3 is 5.97 Å². The van der Waals surface area contributed by atoms with Gasteiger partial charge in [-0.3, -0.25) is 4.79 Å². The molecule has 1 aliphatic carbocycles. The molecule has 1 aromatic rings. The number of nitrogens with one attached hydrogen (secondary N) is 1. The van der Waals surface area contributed by atoms with Gasteiger partial charge in [-0.25, -0.2) is 4.79 Å². The van der Waals surface area contributed by atoms with Crippen molar-refractivity contribution in [2.24, 2.45) is 5.92 Å². The first-order valence-corrected chi connectivity index (χ1v) is 8.16. The topological polar surface area (TPSA) is 66.4 Å². The first-order chi connectivity index (χ1) is 9.95. The molecule has 0 aromatic heterocycles. The lowest BCUT2D eigenvalue weighted by molar-refractivity contribution is -0.141. The van der Waals surface area contributed by atoms with Crippen LogP contribution in [-0.4, -0.2) is 28.8 Å². The number of benzene rings is 1. The number of carbonyl (C=O) groups excluding carboxylic acids is 1. The van der Waals surface area contributed by atoms with Crippen molar-refractivity contribution < 1.29 is 14.7 Å². The predicted molar refractivity (Wildman–Crippen MR) is 83.5 cm³/mol. The Labute approximate surface area is 129 Å². The third-order valence-electron chi connectivity index (χ3n) is 3.59. The third kappa shape index (κ3) is 5.08. The molecule has 0 saturated heterocycles. The Balaban J connectivity index is 1.84. The molecule has 1 saturated carbocycles. The summed E-state index contributed by atoms with van der Waals surface area (Å²) in [6, 6.07) is 5.35. The summed E-state index contributed by atoms with van der Waals surface area (Å²) in [7, 11) is 0. The number of carbonyl (C=O) groups is 2. The van der Waals surface area contributed by atoms with Crippen LogP contribution in [0.5, 0.6) is 0 Å². The van der Waals surface area contributed by atoms with Crippen molar-refractivity contribution in [2.45, 2.75) is 44.0 Å². The number of hydrogen-bond donors (Lipinski definition) is 2. The number of rotatable bonds is 7. The van der Waals surface area contributed by atoms with Crippen molar-refractivity contribution in [3.05, 3.63) is 29.3 Å². The highest BCUT2D eigenvalue weighted by molar-refractivity contribution is 8.00. The van der Waals surface area contributed by atoms with Gasteiger partial charge in [0.05, 0.1) is 5.75 Å². The largest absolute Gasteiger partial charge is 0.480 e. The summed E-state index contributed by atoms with van der Waals surface area (Å²) >= 11 is 1.45. The van der Waals surface area contributed by atoms with E-state index in [0.29, 0.717) is 12.3 Å². The molecule has 1 aliphatic rings. The SMILES string of the molecule is Cc1ccc(SCC(=O)NC(CC2CC2)C(=O)O)c(C)c1. The average Bonchev–Trinajstić information content (AvgIpc) is 3.21. The highest BCUT2D eigenvalue weighted by Crippen LogP contribution is 2.33. The summed E-state index contributed by atoms with van der Waals surface area (Å²) in [5, 5.41) is 11.8. The first kappa shape index (κ1) is 15.9. The Morgan fingerprint density at radius 2 is 2.10 bits per heavy atom. The minimum Gasteiger partial charge on any atom is -0.480 e. The second kappa shape index (κ2) is 6.98. The van der Waals surface area contributed by atoms with E-state index in [4.69, 9.17) is 5.11 Å². The van der Waals surface area contributed by atoms with Crippen molar-refractivity contribution in [1.29, 1.82) is 0 Å². The van der Waals surface area contributed by atoms with E-state index in [0.717, 1.165) is 23.3 Å². The van der Waals surface area contributed by atoms with Crippen LogP contribution in [0.3, 0.4) is 0 Å². The number of hydrogen-bond acceptors (Lipinski definition) is 3. The molecule has 114 valence electrons. The van der Waals surface area contributed by atoms with Gasteiger partial charge < -0.3 is 10.4 Å². The molecular formula is C16H21NO3S. The number of aryl methyl sites for hydroxylation is 2. The molecule has 1 atom stereocenters. The Morgan fingerprint density at radius 3 is 2.67 bits per heavy atom. The van der Waals surface area contributed by atoms with Crippen LogP contribution in [0.4, 0.5) is 0 Å². The average molecular weight is 307 g/mol. The van der Waals surface area contributed by atoms with E-state index in [9.17, 15) is 9.59 Å². The lowest BCUT2D eigenvalue weighted by Gasteiger charge is -2.14. The summed E-state index contributed by atoms with van der Waals surface area (Å²) in [6.45, 7) is 4.05. The van der Waals surface area contributed by atoms with Crippen LogP contribution in [0.1, 0.15) is 30.4 Å². The van der Waals surface area contributed by atoms with Gasteiger partial charge in [-0.1, -0.05) is 30.5 Å². The van der Waals surface area contributed by atoms with E-state index in [2.05, 4.69) is 11.4 Å². The zero-order chi connectivity index (χ0) is 15.4. The molecular weight excluding hydrogens is 286 g/mol. The standard InChI is InChI=1S/C16H21NO3S/c1-10-3-6-14(11(2)7-10)21-9-15(18)17-13(16(19)20)8-12-4-5-12/h3,6-7,12-13H,4-5,8-9H2,1-2H3,(H,17,18)(H,19,20). The van der Waals surface area contributed by atoms with Gasteiger partial charge in [0.25, 0.3) is 0 Å². The van der Waals surface area contributed by atoms with Gasteiger partial charge in [0, 0.05) is 4.90 Å². The van der Waals surface area contributed by atoms with Crippen LogP contribution >= 0.6 is 11.8 Å². The maximum atomic E-state index is 11.9. The van der Waals surface area contributed by atoms with Crippen molar-refractivity contribution >= 4 is 23.6 Å². The smallest absolute Gasteiger partial charge is 0.326 e. The third-order valence-corrected chi connectivity index (χ3v) is 4.76. The molecule has 0 spiro atoms. The molecule has 4 nitrogen and oxygen atoms in total. The minimum atomic E-state index is -0.938. The molecule has 5 heteroatoms. The van der Waals surface area contributed by atoms with Crippen LogP contribution < -0.4 is 5.32 Å². The van der Waals surface area contributed by atoms with Crippen LogP contribution in [0.2, 0.25) is 0 Å². The number of amides is 1. The Kier molecular flexibility index (Phi) is 5.28. The molecule has 21 heavy (non-hydrogen) atoms. The van der Waals surface area contributed by atoms with Gasteiger partial charge in [-0.2, -0.15) is 0 Å². The van der Waals surface area contributed by atoms with E-state index in [1.165, 1.54) is 17.3 Å². The quantitative estimate of drug-likeness (QED) is 0.760. The van der Waals surface area contributed by atoms with E-state index in [1.807, 2.05) is 26.0 Å². The highest BCUT2D eigenvalue weighted by atomic mass is 32.2. The Bertz CT molecular complexity index is 540. The Hall–Kier alpha value is -1.49. The van der Waals surface area contributed by atoms with Crippen molar-refractivity contribution in [3.8, 4) is 0 Å². The van der Waals surface area contributed by atoms with Crippen LogP contribution in [-0.2, 0) is 9.59 Å². The summed E-state index contributed by atoms with van der Waals surface area (Å²) in [5.41, 5.74) is 2.33. The van der Waals surface area contributed by atoms with Gasteiger partial charge in [0.2, 0.25) is 5.91 Å². The fraction of sp³-hybridized carbons (Fsp3) is 0.500. The predicted octanol–water partition coefficient (Wildman–Crippen LogP) is 2.77. The van der Waals surface area contributed by atoms with Crippen molar-refractivity contribution in [2.75, 3.05) is 5.75 Å². The molecule has 0 aliphatic heterocycles. The zero-order valence-electron chi connectivity index (χ0n) is 12.4. The molecule has 0 heterocycles. The van der Waals surface area contributed by atoms with Crippen molar-refractivity contribution in [1.82, 2.24) is 5.32 Å². The summed E-state index contributed by atoms with van der Waals surface area (Å²) in [4.78, 5) is 24.1. The Morgan fingerprint density at radius 1 is 1.38 bits per heavy atom. The van der Waals surface area contributed by atoms with Gasteiger partial charge in [-0.05, 0) is 37.8 Å². The molecule has 1 aromatic carbocycles.